The summed E-state index contributed by atoms with van der Waals surface area (Å²) >= 11 is 3.17. The van der Waals surface area contributed by atoms with Crippen LogP contribution in [0, 0.1) is 12.8 Å². The van der Waals surface area contributed by atoms with Gasteiger partial charge in [0.15, 0.2) is 0 Å². The molecule has 0 aromatic carbocycles. The summed E-state index contributed by atoms with van der Waals surface area (Å²) < 4.78 is 1.69. The average Bonchev–Trinajstić information content (AvgIpc) is 2.19. The van der Waals surface area contributed by atoms with Crippen molar-refractivity contribution in [3.8, 4) is 0 Å². The van der Waals surface area contributed by atoms with Crippen molar-refractivity contribution in [1.29, 1.82) is 0 Å². The van der Waals surface area contributed by atoms with Gasteiger partial charge in [-0.15, -0.1) is 0 Å². The molecule has 0 saturated heterocycles. The van der Waals surface area contributed by atoms with Crippen LogP contribution in [0.4, 0.5) is 0 Å². The van der Waals surface area contributed by atoms with E-state index in [1.807, 2.05) is 13.8 Å². The Morgan fingerprint density at radius 2 is 2.18 bits per heavy atom. The highest BCUT2D eigenvalue weighted by molar-refractivity contribution is 9.10. The summed E-state index contributed by atoms with van der Waals surface area (Å²) in [4.78, 5) is 27.0. The fraction of sp³-hybridized carbons (Fsp3) is 0.545. The van der Waals surface area contributed by atoms with E-state index in [9.17, 15) is 14.7 Å². The van der Waals surface area contributed by atoms with Crippen molar-refractivity contribution in [3.63, 3.8) is 0 Å². The van der Waals surface area contributed by atoms with Gasteiger partial charge in [-0.1, -0.05) is 13.8 Å². The first-order chi connectivity index (χ1) is 7.82. The van der Waals surface area contributed by atoms with E-state index < -0.39 is 12.0 Å². The Morgan fingerprint density at radius 3 is 2.65 bits per heavy atom. The third-order valence-corrected chi connectivity index (χ3v) is 2.76. The lowest BCUT2D eigenvalue weighted by molar-refractivity contribution is -0.141. The molecule has 0 spiro atoms. The molecule has 17 heavy (non-hydrogen) atoms. The summed E-state index contributed by atoms with van der Waals surface area (Å²) in [6.07, 6.45) is 1.83. The second kappa shape index (κ2) is 5.44. The molecular weight excluding hydrogens is 288 g/mol. The van der Waals surface area contributed by atoms with Crippen molar-refractivity contribution in [2.24, 2.45) is 5.92 Å². The first-order valence-corrected chi connectivity index (χ1v) is 6.10. The number of aromatic nitrogens is 2. The molecule has 0 aliphatic heterocycles. The number of carbonyl (C=O) groups is 1. The van der Waals surface area contributed by atoms with Crippen LogP contribution in [-0.4, -0.2) is 20.6 Å². The van der Waals surface area contributed by atoms with E-state index in [1.54, 1.807) is 6.92 Å². The van der Waals surface area contributed by atoms with Crippen molar-refractivity contribution in [3.05, 3.63) is 26.8 Å². The number of carboxylic acid groups (broad SMARTS) is 1. The number of aryl methyl sites for hydroxylation is 1. The van der Waals surface area contributed by atoms with Crippen LogP contribution < -0.4 is 5.56 Å². The lowest BCUT2D eigenvalue weighted by Gasteiger charge is -2.18. The number of aliphatic carboxylic acids is 1. The van der Waals surface area contributed by atoms with Crippen LogP contribution in [0.3, 0.4) is 0 Å². The topological polar surface area (TPSA) is 72.2 Å². The van der Waals surface area contributed by atoms with E-state index in [0.717, 1.165) is 0 Å². The van der Waals surface area contributed by atoms with Crippen LogP contribution in [-0.2, 0) is 4.79 Å². The molecule has 1 heterocycles. The Bertz CT molecular complexity index is 482. The fourth-order valence-corrected chi connectivity index (χ4v) is 2.10. The molecule has 94 valence electrons. The highest BCUT2D eigenvalue weighted by Gasteiger charge is 2.23. The molecule has 0 aliphatic carbocycles. The van der Waals surface area contributed by atoms with Crippen LogP contribution >= 0.6 is 15.9 Å². The zero-order valence-electron chi connectivity index (χ0n) is 9.98. The molecule has 6 heteroatoms. The number of carboxylic acids is 1. The number of nitrogens with zero attached hydrogens (tertiary/aromatic N) is 2. The minimum absolute atomic E-state index is 0.190. The van der Waals surface area contributed by atoms with Gasteiger partial charge in [-0.2, -0.15) is 0 Å². The third-order valence-electron chi connectivity index (χ3n) is 2.38. The van der Waals surface area contributed by atoms with E-state index >= 15 is 0 Å². The second-order valence-electron chi connectivity index (χ2n) is 4.35. The second-order valence-corrected chi connectivity index (χ2v) is 5.16. The first kappa shape index (κ1) is 13.9. The highest BCUT2D eigenvalue weighted by Crippen LogP contribution is 2.17. The summed E-state index contributed by atoms with van der Waals surface area (Å²) in [5.41, 5.74) is -0.0735. The molecule has 0 saturated carbocycles. The Labute approximate surface area is 108 Å². The minimum Gasteiger partial charge on any atom is -0.480 e. The molecule has 1 aromatic rings. The van der Waals surface area contributed by atoms with Crippen LogP contribution in [0.1, 0.15) is 32.0 Å². The summed E-state index contributed by atoms with van der Waals surface area (Å²) in [7, 11) is 0. The van der Waals surface area contributed by atoms with Crippen molar-refractivity contribution < 1.29 is 9.90 Å². The van der Waals surface area contributed by atoms with E-state index in [4.69, 9.17) is 0 Å². The molecule has 1 aromatic heterocycles. The standard InChI is InChI=1S/C11H15BrN2O3/c1-6(2)4-8(11(16)17)14-5-9(12)13-7(3)10(14)15/h5-6,8H,4H2,1-3H3,(H,16,17)/t8-/m0/s1. The van der Waals surface area contributed by atoms with Gasteiger partial charge >= 0.3 is 5.97 Å². The first-order valence-electron chi connectivity index (χ1n) is 5.31. The Hall–Kier alpha value is -1.17. The van der Waals surface area contributed by atoms with Gasteiger partial charge in [-0.05, 0) is 35.2 Å². The van der Waals surface area contributed by atoms with Crippen LogP contribution in [0.15, 0.2) is 15.6 Å². The lowest BCUT2D eigenvalue weighted by Crippen LogP contribution is -2.32. The van der Waals surface area contributed by atoms with Gasteiger partial charge < -0.3 is 5.11 Å². The number of rotatable bonds is 4. The molecule has 1 rings (SSSR count). The molecule has 0 fully saturated rings. The van der Waals surface area contributed by atoms with Crippen molar-refractivity contribution in [2.75, 3.05) is 0 Å². The predicted molar refractivity (Wildman–Crippen MR) is 67.1 cm³/mol. The summed E-state index contributed by atoms with van der Waals surface area (Å²) in [6, 6.07) is -0.847. The summed E-state index contributed by atoms with van der Waals surface area (Å²) in [5.74, 6) is -0.812. The van der Waals surface area contributed by atoms with Gasteiger partial charge in [0.05, 0.1) is 0 Å². The maximum Gasteiger partial charge on any atom is 0.326 e. The van der Waals surface area contributed by atoms with Crippen molar-refractivity contribution in [2.45, 2.75) is 33.2 Å². The van der Waals surface area contributed by atoms with E-state index in [2.05, 4.69) is 20.9 Å². The summed E-state index contributed by atoms with van der Waals surface area (Å²) in [5, 5.41) is 9.19. The van der Waals surface area contributed by atoms with Gasteiger partial charge in [0.1, 0.15) is 16.3 Å². The Balaban J connectivity index is 3.28. The molecule has 5 nitrogen and oxygen atoms in total. The fourth-order valence-electron chi connectivity index (χ4n) is 1.61. The molecule has 0 radical (unpaired) electrons. The molecule has 1 N–H and O–H groups in total. The van der Waals surface area contributed by atoms with E-state index in [0.29, 0.717) is 11.0 Å². The predicted octanol–water partition coefficient (Wildman–Crippen LogP) is 1.99. The van der Waals surface area contributed by atoms with Crippen LogP contribution in [0.25, 0.3) is 0 Å². The molecule has 0 unspecified atom stereocenters. The Morgan fingerprint density at radius 1 is 1.59 bits per heavy atom. The maximum atomic E-state index is 11.9. The molecule has 0 bridgehead atoms. The van der Waals surface area contributed by atoms with Gasteiger partial charge in [-0.3, -0.25) is 9.36 Å². The quantitative estimate of drug-likeness (QED) is 0.923. The minimum atomic E-state index is -1.00. The van der Waals surface area contributed by atoms with Crippen LogP contribution in [0.5, 0.6) is 0 Å². The number of hydrogen-bond donors (Lipinski definition) is 1. The largest absolute Gasteiger partial charge is 0.480 e. The normalized spacial score (nSPS) is 12.8. The number of hydrogen-bond acceptors (Lipinski definition) is 3. The third kappa shape index (κ3) is 3.39. The maximum absolute atomic E-state index is 11.9. The van der Waals surface area contributed by atoms with Gasteiger partial charge in [-0.25, -0.2) is 9.78 Å². The zero-order valence-corrected chi connectivity index (χ0v) is 11.6. The smallest absolute Gasteiger partial charge is 0.326 e. The molecule has 1 atom stereocenters. The van der Waals surface area contributed by atoms with Gasteiger partial charge in [0, 0.05) is 6.20 Å². The Kier molecular flexibility index (Phi) is 4.45. The summed E-state index contributed by atoms with van der Waals surface area (Å²) in [6.45, 7) is 5.41. The van der Waals surface area contributed by atoms with Crippen molar-refractivity contribution in [1.82, 2.24) is 9.55 Å². The van der Waals surface area contributed by atoms with Crippen LogP contribution in [0.2, 0.25) is 0 Å². The number of halogens is 1. The molecular formula is C11H15BrN2O3. The average molecular weight is 303 g/mol. The van der Waals surface area contributed by atoms with E-state index in [-0.39, 0.29) is 17.2 Å². The molecule has 0 aliphatic rings. The van der Waals surface area contributed by atoms with E-state index in [1.165, 1.54) is 10.8 Å². The van der Waals surface area contributed by atoms with Gasteiger partial charge in [0.25, 0.3) is 5.56 Å². The molecule has 0 amide bonds. The SMILES string of the molecule is Cc1nc(Br)cn([C@@H](CC(C)C)C(=O)O)c1=O. The van der Waals surface area contributed by atoms with Crippen molar-refractivity contribution >= 4 is 21.9 Å². The zero-order chi connectivity index (χ0) is 13.2. The lowest BCUT2D eigenvalue weighted by atomic mass is 10.0. The highest BCUT2D eigenvalue weighted by atomic mass is 79.9. The van der Waals surface area contributed by atoms with Gasteiger partial charge in [0.2, 0.25) is 0 Å². The monoisotopic (exact) mass is 302 g/mol.